The third-order valence-corrected chi connectivity index (χ3v) is 3.85. The monoisotopic (exact) mass is 266 g/mol. The average molecular weight is 266 g/mol. The van der Waals surface area contributed by atoms with E-state index in [4.69, 9.17) is 21.3 Å². The van der Waals surface area contributed by atoms with Crippen molar-refractivity contribution in [3.63, 3.8) is 0 Å². The molecule has 0 aromatic carbocycles. The normalized spacial score (nSPS) is 24.5. The first-order valence-electron chi connectivity index (χ1n) is 6.76. The fourth-order valence-electron chi connectivity index (χ4n) is 2.61. The van der Waals surface area contributed by atoms with Gasteiger partial charge in [-0.3, -0.25) is 0 Å². The van der Waals surface area contributed by atoms with Crippen molar-refractivity contribution >= 4 is 11.5 Å². The Morgan fingerprint density at radius 3 is 2.84 bits per heavy atom. The number of rotatable bonds is 5. The lowest BCUT2D eigenvalue weighted by Crippen LogP contribution is -2.25. The molecule has 3 atom stereocenters. The van der Waals surface area contributed by atoms with Gasteiger partial charge in [0.15, 0.2) is 0 Å². The third kappa shape index (κ3) is 3.13. The number of hydrogen-bond acceptors (Lipinski definition) is 6. The maximum absolute atomic E-state index is 9.13. The van der Waals surface area contributed by atoms with E-state index in [0.717, 1.165) is 31.4 Å². The summed E-state index contributed by atoms with van der Waals surface area (Å²) in [7, 11) is 0. The average Bonchev–Trinajstić information content (AvgIpc) is 2.89. The highest BCUT2D eigenvalue weighted by atomic mass is 16.5. The molecule has 0 amide bonds. The second-order valence-electron chi connectivity index (χ2n) is 5.05. The lowest BCUT2D eigenvalue weighted by molar-refractivity contribution is -0.0152. The molecule has 2 heterocycles. The maximum Gasteiger partial charge on any atom is 0.150 e. The van der Waals surface area contributed by atoms with E-state index in [2.05, 4.69) is 16.9 Å². The fraction of sp³-hybridized carbons (Fsp3) is 0.692. The van der Waals surface area contributed by atoms with Crippen molar-refractivity contribution in [3.05, 3.63) is 12.0 Å². The van der Waals surface area contributed by atoms with Gasteiger partial charge in [-0.1, -0.05) is 13.3 Å². The Bertz CT molecular complexity index is 427. The van der Waals surface area contributed by atoms with E-state index in [1.54, 1.807) is 0 Å². The molecule has 1 aliphatic rings. The Balaban J connectivity index is 2.05. The molecule has 1 aromatic rings. The summed E-state index contributed by atoms with van der Waals surface area (Å²) in [5.74, 6) is 0.675. The molecule has 2 rings (SSSR count). The quantitative estimate of drug-likeness (QED) is 0.726. The molecule has 0 bridgehead atoms. The second-order valence-corrected chi connectivity index (χ2v) is 5.05. The first kappa shape index (κ1) is 14.0. The van der Waals surface area contributed by atoms with Gasteiger partial charge in [-0.2, -0.15) is 0 Å². The summed E-state index contributed by atoms with van der Waals surface area (Å²) in [6, 6.07) is 0. The number of hydrogen-bond donors (Lipinski definition) is 3. The largest absolute Gasteiger partial charge is 0.394 e. The summed E-state index contributed by atoms with van der Waals surface area (Å²) >= 11 is 0. The highest BCUT2D eigenvalue weighted by Gasteiger charge is 2.31. The smallest absolute Gasteiger partial charge is 0.150 e. The number of ether oxygens (including phenoxy) is 1. The predicted molar refractivity (Wildman–Crippen MR) is 73.3 cm³/mol. The summed E-state index contributed by atoms with van der Waals surface area (Å²) in [6.07, 6.45) is 5.19. The van der Waals surface area contributed by atoms with Gasteiger partial charge < -0.3 is 21.3 Å². The zero-order valence-corrected chi connectivity index (χ0v) is 11.2. The van der Waals surface area contributed by atoms with Crippen LogP contribution in [0.2, 0.25) is 0 Å². The molecule has 1 aromatic heterocycles. The van der Waals surface area contributed by atoms with E-state index in [0.29, 0.717) is 17.4 Å². The van der Waals surface area contributed by atoms with E-state index in [9.17, 15) is 0 Å². The van der Waals surface area contributed by atoms with Gasteiger partial charge in [0.1, 0.15) is 12.1 Å². The SMILES string of the molecule is CCC(Cc1ncnc(N)c1N)C1CCC(CO)O1. The number of nitrogen functional groups attached to an aromatic ring is 2. The number of aromatic nitrogens is 2. The molecule has 0 radical (unpaired) electrons. The van der Waals surface area contributed by atoms with Crippen LogP contribution in [0.4, 0.5) is 11.5 Å². The van der Waals surface area contributed by atoms with Gasteiger partial charge in [0.2, 0.25) is 0 Å². The number of nitrogens with two attached hydrogens (primary N) is 2. The number of aliphatic hydroxyl groups excluding tert-OH is 1. The van der Waals surface area contributed by atoms with Gasteiger partial charge >= 0.3 is 0 Å². The molecule has 5 N–H and O–H groups in total. The Morgan fingerprint density at radius 1 is 1.42 bits per heavy atom. The number of anilines is 2. The van der Waals surface area contributed by atoms with E-state index in [-0.39, 0.29) is 18.8 Å². The number of nitrogens with zero attached hydrogens (tertiary/aromatic N) is 2. The zero-order valence-electron chi connectivity index (χ0n) is 11.2. The van der Waals surface area contributed by atoms with Crippen molar-refractivity contribution in [3.8, 4) is 0 Å². The summed E-state index contributed by atoms with van der Waals surface area (Å²) in [5.41, 5.74) is 12.9. The first-order chi connectivity index (χ1) is 9.15. The molecule has 1 fully saturated rings. The van der Waals surface area contributed by atoms with Crippen LogP contribution in [-0.2, 0) is 11.2 Å². The van der Waals surface area contributed by atoms with Gasteiger partial charge in [0.05, 0.1) is 30.2 Å². The van der Waals surface area contributed by atoms with E-state index < -0.39 is 0 Å². The topological polar surface area (TPSA) is 107 Å². The highest BCUT2D eigenvalue weighted by Crippen LogP contribution is 2.30. The standard InChI is InChI=1S/C13H22N4O2/c1-2-8(11-4-3-9(6-18)19-11)5-10-12(14)13(15)17-7-16-10/h7-9,11,18H,2-6,14H2,1H3,(H2,15,16,17). The molecule has 106 valence electrons. The summed E-state index contributed by atoms with van der Waals surface area (Å²) in [4.78, 5) is 8.09. The zero-order chi connectivity index (χ0) is 13.8. The molecule has 19 heavy (non-hydrogen) atoms. The van der Waals surface area contributed by atoms with Crippen molar-refractivity contribution in [2.75, 3.05) is 18.1 Å². The molecular weight excluding hydrogens is 244 g/mol. The van der Waals surface area contributed by atoms with Crippen LogP contribution in [0.3, 0.4) is 0 Å². The minimum Gasteiger partial charge on any atom is -0.394 e. The lowest BCUT2D eigenvalue weighted by Gasteiger charge is -2.22. The van der Waals surface area contributed by atoms with Crippen LogP contribution >= 0.6 is 0 Å². The van der Waals surface area contributed by atoms with E-state index in [1.807, 2.05) is 0 Å². The van der Waals surface area contributed by atoms with Crippen molar-refractivity contribution in [1.82, 2.24) is 9.97 Å². The van der Waals surface area contributed by atoms with Crippen molar-refractivity contribution in [2.24, 2.45) is 5.92 Å². The van der Waals surface area contributed by atoms with Crippen LogP contribution in [0.25, 0.3) is 0 Å². The van der Waals surface area contributed by atoms with Gasteiger partial charge in [-0.05, 0) is 25.2 Å². The number of aliphatic hydroxyl groups is 1. The van der Waals surface area contributed by atoms with Gasteiger partial charge in [-0.15, -0.1) is 0 Å². The predicted octanol–water partition coefficient (Wildman–Crippen LogP) is 0.750. The van der Waals surface area contributed by atoms with Crippen LogP contribution in [0.15, 0.2) is 6.33 Å². The molecule has 0 spiro atoms. The van der Waals surface area contributed by atoms with Crippen LogP contribution in [0.5, 0.6) is 0 Å². The molecule has 0 saturated carbocycles. The van der Waals surface area contributed by atoms with Gasteiger partial charge in [0, 0.05) is 0 Å². The third-order valence-electron chi connectivity index (χ3n) is 3.85. The van der Waals surface area contributed by atoms with E-state index >= 15 is 0 Å². The van der Waals surface area contributed by atoms with E-state index in [1.165, 1.54) is 6.33 Å². The fourth-order valence-corrected chi connectivity index (χ4v) is 2.61. The van der Waals surface area contributed by atoms with Crippen LogP contribution in [0, 0.1) is 5.92 Å². The minimum absolute atomic E-state index is 0.0214. The Labute approximate surface area is 113 Å². The van der Waals surface area contributed by atoms with Crippen LogP contribution < -0.4 is 11.5 Å². The molecule has 3 unspecified atom stereocenters. The molecular formula is C13H22N4O2. The molecule has 1 saturated heterocycles. The maximum atomic E-state index is 9.13. The highest BCUT2D eigenvalue weighted by molar-refractivity contribution is 5.60. The molecule has 1 aliphatic heterocycles. The Hall–Kier alpha value is -1.40. The lowest BCUT2D eigenvalue weighted by atomic mass is 9.91. The van der Waals surface area contributed by atoms with Crippen molar-refractivity contribution in [2.45, 2.75) is 44.8 Å². The van der Waals surface area contributed by atoms with Crippen molar-refractivity contribution in [1.29, 1.82) is 0 Å². The molecule has 6 heteroatoms. The molecule has 0 aliphatic carbocycles. The summed E-state index contributed by atoms with van der Waals surface area (Å²) in [6.45, 7) is 2.22. The van der Waals surface area contributed by atoms with Crippen LogP contribution in [0.1, 0.15) is 31.9 Å². The summed E-state index contributed by atoms with van der Waals surface area (Å²) < 4.78 is 5.84. The van der Waals surface area contributed by atoms with Crippen molar-refractivity contribution < 1.29 is 9.84 Å². The van der Waals surface area contributed by atoms with Gasteiger partial charge in [0.25, 0.3) is 0 Å². The first-order valence-corrected chi connectivity index (χ1v) is 6.76. The van der Waals surface area contributed by atoms with Crippen LogP contribution in [-0.4, -0.2) is 33.9 Å². The minimum atomic E-state index is -0.0214. The Morgan fingerprint density at radius 2 is 2.21 bits per heavy atom. The summed E-state index contributed by atoms with van der Waals surface area (Å²) in [5, 5.41) is 9.13. The van der Waals surface area contributed by atoms with Gasteiger partial charge in [-0.25, -0.2) is 9.97 Å². The molecule has 6 nitrogen and oxygen atoms in total. The second kappa shape index (κ2) is 6.16. The Kier molecular flexibility index (Phi) is 4.55.